The number of carbonyl (C=O) groups is 2. The van der Waals surface area contributed by atoms with E-state index in [1.54, 1.807) is 0 Å². The fourth-order valence-electron chi connectivity index (χ4n) is 2.93. The summed E-state index contributed by atoms with van der Waals surface area (Å²) in [6.07, 6.45) is 27.5. The number of likely N-dealkylation sites (N-methyl/N-ethyl adjacent to an activating group) is 1. The van der Waals surface area contributed by atoms with Gasteiger partial charge in [0.15, 0.2) is 6.10 Å². The van der Waals surface area contributed by atoms with E-state index in [1.807, 2.05) is 21.1 Å². The lowest BCUT2D eigenvalue weighted by Gasteiger charge is -2.28. The van der Waals surface area contributed by atoms with Crippen LogP contribution in [0.15, 0.2) is 60.8 Å². The third kappa shape index (κ3) is 22.3. The van der Waals surface area contributed by atoms with Gasteiger partial charge in [0.1, 0.15) is 6.54 Å². The zero-order chi connectivity index (χ0) is 24.1. The first-order valence-electron chi connectivity index (χ1n) is 11.7. The van der Waals surface area contributed by atoms with Crippen LogP contribution in [0.5, 0.6) is 0 Å². The number of allylic oxidation sites excluding steroid dienone is 10. The maximum Gasteiger partial charge on any atom is 0.307 e. The molecule has 1 unspecified atom stereocenters. The first-order valence-corrected chi connectivity index (χ1v) is 11.7. The summed E-state index contributed by atoms with van der Waals surface area (Å²) in [6.45, 7) is 2.62. The average molecular weight is 447 g/mol. The van der Waals surface area contributed by atoms with Crippen LogP contribution in [0.2, 0.25) is 0 Å². The van der Waals surface area contributed by atoms with Crippen LogP contribution in [0, 0.1) is 0 Å². The number of nitrogens with zero attached hydrogens (tertiary/aromatic N) is 1. The van der Waals surface area contributed by atoms with E-state index in [4.69, 9.17) is 9.84 Å². The largest absolute Gasteiger partial charge is 0.481 e. The number of quaternary nitrogens is 1. The molecule has 0 fully saturated rings. The Morgan fingerprint density at radius 2 is 1.28 bits per heavy atom. The molecule has 0 bridgehead atoms. The van der Waals surface area contributed by atoms with Gasteiger partial charge in [-0.1, -0.05) is 67.7 Å². The zero-order valence-corrected chi connectivity index (χ0v) is 20.5. The highest BCUT2D eigenvalue weighted by atomic mass is 16.5. The van der Waals surface area contributed by atoms with E-state index in [9.17, 15) is 9.59 Å². The number of ether oxygens (including phenoxy) is 1. The normalized spacial score (nSPS) is 13.9. The molecule has 5 heteroatoms. The van der Waals surface area contributed by atoms with Gasteiger partial charge in [0.25, 0.3) is 0 Å². The van der Waals surface area contributed by atoms with Crippen LogP contribution in [0.25, 0.3) is 0 Å². The maximum atomic E-state index is 12.0. The lowest BCUT2D eigenvalue weighted by molar-refractivity contribution is -0.873. The number of carboxylic acids is 1. The van der Waals surface area contributed by atoms with Crippen LogP contribution in [-0.2, 0) is 14.3 Å². The van der Waals surface area contributed by atoms with Gasteiger partial charge in [-0.15, -0.1) is 0 Å². The third-order valence-electron chi connectivity index (χ3n) is 4.36. The Labute approximate surface area is 195 Å². The number of esters is 1. The molecule has 0 radical (unpaired) electrons. The predicted molar refractivity (Wildman–Crippen MR) is 133 cm³/mol. The van der Waals surface area contributed by atoms with Crippen LogP contribution in [0.1, 0.15) is 64.7 Å². The second-order valence-corrected chi connectivity index (χ2v) is 8.78. The quantitative estimate of drug-likeness (QED) is 0.121. The minimum atomic E-state index is -0.949. The van der Waals surface area contributed by atoms with Crippen molar-refractivity contribution in [3.63, 3.8) is 0 Å². The SMILES string of the molecule is CC/C=C/C/C=C/C/C=C/C/C=C/C/C=C/CCCC(=O)OC(CC(=O)O)C[N+](C)(C)C. The highest BCUT2D eigenvalue weighted by molar-refractivity contribution is 5.71. The molecular formula is C27H44NO4+. The molecule has 0 saturated heterocycles. The molecule has 0 aromatic rings. The van der Waals surface area contributed by atoms with E-state index >= 15 is 0 Å². The van der Waals surface area contributed by atoms with Gasteiger partial charge >= 0.3 is 11.9 Å². The average Bonchev–Trinajstić information content (AvgIpc) is 2.68. The number of aliphatic carboxylic acids is 1. The Morgan fingerprint density at radius 1 is 0.812 bits per heavy atom. The second-order valence-electron chi connectivity index (χ2n) is 8.78. The van der Waals surface area contributed by atoms with Gasteiger partial charge in [-0.3, -0.25) is 9.59 Å². The Balaban J connectivity index is 3.89. The lowest BCUT2D eigenvalue weighted by atomic mass is 10.2. The van der Waals surface area contributed by atoms with Crippen molar-refractivity contribution in [3.05, 3.63) is 60.8 Å². The molecule has 0 aliphatic heterocycles. The predicted octanol–water partition coefficient (Wildman–Crippen LogP) is 6.00. The highest BCUT2D eigenvalue weighted by Crippen LogP contribution is 2.08. The molecule has 0 amide bonds. The molecule has 0 aromatic carbocycles. The molecule has 0 spiro atoms. The fourth-order valence-corrected chi connectivity index (χ4v) is 2.93. The Hall–Kier alpha value is -2.40. The van der Waals surface area contributed by atoms with Crippen LogP contribution < -0.4 is 0 Å². The summed E-state index contributed by atoms with van der Waals surface area (Å²) >= 11 is 0. The van der Waals surface area contributed by atoms with Crippen molar-refractivity contribution in [2.45, 2.75) is 70.8 Å². The van der Waals surface area contributed by atoms with E-state index in [2.05, 4.69) is 67.7 Å². The number of hydrogen-bond acceptors (Lipinski definition) is 3. The minimum absolute atomic E-state index is 0.157. The summed E-state index contributed by atoms with van der Waals surface area (Å²) < 4.78 is 5.93. The molecule has 0 rings (SSSR count). The second kappa shape index (κ2) is 19.3. The molecule has 1 atom stereocenters. The van der Waals surface area contributed by atoms with Crippen LogP contribution in [0.4, 0.5) is 0 Å². The Morgan fingerprint density at radius 3 is 1.72 bits per heavy atom. The van der Waals surface area contributed by atoms with Gasteiger partial charge < -0.3 is 14.3 Å². The molecule has 1 N–H and O–H groups in total. The molecule has 0 aliphatic carbocycles. The third-order valence-corrected chi connectivity index (χ3v) is 4.36. The van der Waals surface area contributed by atoms with Crippen molar-refractivity contribution in [3.8, 4) is 0 Å². The first kappa shape index (κ1) is 29.6. The summed E-state index contributed by atoms with van der Waals surface area (Å²) in [4.78, 5) is 23.0. The monoisotopic (exact) mass is 446 g/mol. The van der Waals surface area contributed by atoms with Gasteiger partial charge in [-0.25, -0.2) is 0 Å². The maximum absolute atomic E-state index is 12.0. The fraction of sp³-hybridized carbons (Fsp3) is 0.556. The number of carbonyl (C=O) groups excluding carboxylic acids is 1. The first-order chi connectivity index (χ1) is 15.2. The molecule has 0 aliphatic rings. The van der Waals surface area contributed by atoms with Crippen molar-refractivity contribution < 1.29 is 23.9 Å². The Kier molecular flexibility index (Phi) is 17.9. The van der Waals surface area contributed by atoms with E-state index in [0.29, 0.717) is 23.9 Å². The molecule has 5 nitrogen and oxygen atoms in total. The number of rotatable bonds is 18. The summed E-state index contributed by atoms with van der Waals surface area (Å²) in [5, 5.41) is 9.00. The van der Waals surface area contributed by atoms with Gasteiger partial charge in [-0.2, -0.15) is 0 Å². The van der Waals surface area contributed by atoms with Crippen molar-refractivity contribution >= 4 is 11.9 Å². The molecule has 180 valence electrons. The summed E-state index contributed by atoms with van der Waals surface area (Å²) in [5.74, 6) is -1.27. The summed E-state index contributed by atoms with van der Waals surface area (Å²) in [6, 6.07) is 0. The Bertz CT molecular complexity index is 651. The van der Waals surface area contributed by atoms with Crippen molar-refractivity contribution in [1.29, 1.82) is 0 Å². The van der Waals surface area contributed by atoms with Crippen molar-refractivity contribution in [2.75, 3.05) is 27.7 Å². The topological polar surface area (TPSA) is 63.6 Å². The molecule has 0 heterocycles. The standard InChI is InChI=1S/C27H43NO4/c1-5-6-7-8-9-10-11-12-13-14-15-16-17-18-19-20-21-22-27(31)32-25(23-26(29)30)24-28(2,3)4/h6-7,9-10,12-13,15-16,18-19,25H,5,8,11,14,17,20-24H2,1-4H3/p+1/b7-6+,10-9+,13-12+,16-15+,19-18+. The molecule has 0 aromatic heterocycles. The van der Waals surface area contributed by atoms with E-state index in [0.717, 1.165) is 38.5 Å². The van der Waals surface area contributed by atoms with E-state index in [1.165, 1.54) is 0 Å². The number of carboxylic acid groups (broad SMARTS) is 1. The summed E-state index contributed by atoms with van der Waals surface area (Å²) in [5.41, 5.74) is 0. The van der Waals surface area contributed by atoms with Crippen LogP contribution in [-0.4, -0.2) is 55.3 Å². The zero-order valence-electron chi connectivity index (χ0n) is 20.5. The van der Waals surface area contributed by atoms with Crippen molar-refractivity contribution in [2.24, 2.45) is 0 Å². The minimum Gasteiger partial charge on any atom is -0.481 e. The van der Waals surface area contributed by atoms with Gasteiger partial charge in [-0.05, 0) is 44.9 Å². The lowest BCUT2D eigenvalue weighted by Crippen LogP contribution is -2.43. The smallest absolute Gasteiger partial charge is 0.307 e. The molecular weight excluding hydrogens is 402 g/mol. The van der Waals surface area contributed by atoms with Crippen LogP contribution >= 0.6 is 0 Å². The molecule has 0 saturated carbocycles. The van der Waals surface area contributed by atoms with E-state index in [-0.39, 0.29) is 12.4 Å². The van der Waals surface area contributed by atoms with Crippen LogP contribution in [0.3, 0.4) is 0 Å². The van der Waals surface area contributed by atoms with Crippen molar-refractivity contribution in [1.82, 2.24) is 0 Å². The van der Waals surface area contributed by atoms with E-state index < -0.39 is 12.1 Å². The summed E-state index contributed by atoms with van der Waals surface area (Å²) in [7, 11) is 5.85. The highest BCUT2D eigenvalue weighted by Gasteiger charge is 2.24. The molecule has 32 heavy (non-hydrogen) atoms. The number of unbranched alkanes of at least 4 members (excludes halogenated alkanes) is 1. The van der Waals surface area contributed by atoms with Gasteiger partial charge in [0, 0.05) is 6.42 Å². The number of hydrogen-bond donors (Lipinski definition) is 1. The van der Waals surface area contributed by atoms with Gasteiger partial charge in [0.05, 0.1) is 27.6 Å². The van der Waals surface area contributed by atoms with Gasteiger partial charge in [0.2, 0.25) is 0 Å².